The first-order valence-corrected chi connectivity index (χ1v) is 12.9. The van der Waals surface area contributed by atoms with E-state index in [-0.39, 0.29) is 11.5 Å². The minimum atomic E-state index is -0.449. The second kappa shape index (κ2) is 11.5. The molecule has 0 aliphatic carbocycles. The second-order valence-corrected chi connectivity index (χ2v) is 9.52. The van der Waals surface area contributed by atoms with Crippen molar-refractivity contribution in [3.8, 4) is 5.69 Å². The fourth-order valence-corrected chi connectivity index (χ4v) is 4.74. The molecule has 5 nitrogen and oxygen atoms in total. The second-order valence-electron chi connectivity index (χ2n) is 9.11. The number of amides is 1. The highest BCUT2D eigenvalue weighted by molar-refractivity contribution is 6.31. The number of hydrogen-bond donors (Lipinski definition) is 0. The van der Waals surface area contributed by atoms with E-state index in [0.717, 1.165) is 31.2 Å². The zero-order valence-corrected chi connectivity index (χ0v) is 21.8. The third kappa shape index (κ3) is 5.21. The van der Waals surface area contributed by atoms with Gasteiger partial charge in [0.25, 0.3) is 11.5 Å². The van der Waals surface area contributed by atoms with E-state index in [9.17, 15) is 9.59 Å². The first-order valence-electron chi connectivity index (χ1n) is 12.6. The fourth-order valence-electron chi connectivity index (χ4n) is 4.57. The molecule has 6 heteroatoms. The molecule has 3 aromatic carbocycles. The largest absolute Gasteiger partial charge is 0.329 e. The van der Waals surface area contributed by atoms with Gasteiger partial charge in [0.2, 0.25) is 0 Å². The molecule has 4 rings (SSSR count). The summed E-state index contributed by atoms with van der Waals surface area (Å²) >= 11 is 6.46. The van der Waals surface area contributed by atoms with Gasteiger partial charge in [-0.1, -0.05) is 74.2 Å². The predicted octanol–water partition coefficient (Wildman–Crippen LogP) is 7.13. The van der Waals surface area contributed by atoms with Crippen LogP contribution in [0.25, 0.3) is 16.6 Å². The molecule has 0 aliphatic rings. The van der Waals surface area contributed by atoms with Gasteiger partial charge < -0.3 is 4.90 Å². The Balaban J connectivity index is 1.89. The standard InChI is InChI=1S/C30H32ClN3O2/c1-4-5-6-12-20-33(29(35)23-14-8-7-9-15-23)22(3)28-32-26-18-11-10-16-24(26)30(36)34(28)27-19-13-17-25(31)21(27)2/h7-11,13-19,22H,4-6,12,20H2,1-3H3. The summed E-state index contributed by atoms with van der Waals surface area (Å²) in [4.78, 5) is 34.4. The predicted molar refractivity (Wildman–Crippen MR) is 147 cm³/mol. The van der Waals surface area contributed by atoms with Crippen LogP contribution in [0.4, 0.5) is 0 Å². The minimum absolute atomic E-state index is 0.0728. The van der Waals surface area contributed by atoms with Crippen LogP contribution in [0.2, 0.25) is 5.02 Å². The summed E-state index contributed by atoms with van der Waals surface area (Å²) in [6, 6.07) is 21.7. The van der Waals surface area contributed by atoms with Crippen LogP contribution in [0, 0.1) is 6.92 Å². The zero-order chi connectivity index (χ0) is 25.7. The Morgan fingerprint density at radius 2 is 1.69 bits per heavy atom. The van der Waals surface area contributed by atoms with E-state index in [1.165, 1.54) is 0 Å². The fraction of sp³-hybridized carbons (Fsp3) is 0.300. The number of unbranched alkanes of at least 4 members (excludes halogenated alkanes) is 3. The SMILES string of the molecule is CCCCCCN(C(=O)c1ccccc1)C(C)c1nc2ccccc2c(=O)n1-c1cccc(Cl)c1C. The lowest BCUT2D eigenvalue weighted by molar-refractivity contribution is 0.0677. The van der Waals surface area contributed by atoms with Gasteiger partial charge >= 0.3 is 0 Å². The van der Waals surface area contributed by atoms with Gasteiger partial charge in [-0.25, -0.2) is 4.98 Å². The number of aromatic nitrogens is 2. The zero-order valence-electron chi connectivity index (χ0n) is 21.1. The molecular formula is C30H32ClN3O2. The highest BCUT2D eigenvalue weighted by Gasteiger charge is 2.28. The van der Waals surface area contributed by atoms with E-state index >= 15 is 0 Å². The van der Waals surface area contributed by atoms with Crippen molar-refractivity contribution in [2.75, 3.05) is 6.54 Å². The molecule has 0 radical (unpaired) electrons. The van der Waals surface area contributed by atoms with Crippen LogP contribution < -0.4 is 5.56 Å². The first kappa shape index (κ1) is 25.6. The highest BCUT2D eigenvalue weighted by Crippen LogP contribution is 2.28. The monoisotopic (exact) mass is 501 g/mol. The van der Waals surface area contributed by atoms with Crippen LogP contribution in [-0.4, -0.2) is 26.9 Å². The Bertz CT molecular complexity index is 1420. The van der Waals surface area contributed by atoms with Crippen molar-refractivity contribution in [3.05, 3.63) is 105 Å². The van der Waals surface area contributed by atoms with E-state index in [0.29, 0.717) is 39.5 Å². The van der Waals surface area contributed by atoms with Crippen molar-refractivity contribution >= 4 is 28.4 Å². The Morgan fingerprint density at radius 3 is 2.44 bits per heavy atom. The van der Waals surface area contributed by atoms with Crippen molar-refractivity contribution in [2.24, 2.45) is 0 Å². The van der Waals surface area contributed by atoms with E-state index in [1.807, 2.05) is 85.5 Å². The molecule has 36 heavy (non-hydrogen) atoms. The van der Waals surface area contributed by atoms with Crippen LogP contribution in [-0.2, 0) is 0 Å². The lowest BCUT2D eigenvalue weighted by atomic mass is 10.1. The number of carbonyl (C=O) groups excluding carboxylic acids is 1. The lowest BCUT2D eigenvalue weighted by Crippen LogP contribution is -2.38. The van der Waals surface area contributed by atoms with Gasteiger partial charge in [-0.2, -0.15) is 0 Å². The van der Waals surface area contributed by atoms with Gasteiger partial charge in [0.15, 0.2) is 0 Å². The topological polar surface area (TPSA) is 55.2 Å². The van der Waals surface area contributed by atoms with Crippen molar-refractivity contribution in [2.45, 2.75) is 52.5 Å². The summed E-state index contributed by atoms with van der Waals surface area (Å²) in [6.45, 7) is 6.59. The van der Waals surface area contributed by atoms with E-state index in [2.05, 4.69) is 6.92 Å². The van der Waals surface area contributed by atoms with Gasteiger partial charge in [-0.15, -0.1) is 0 Å². The maximum atomic E-state index is 13.9. The number of carbonyl (C=O) groups is 1. The van der Waals surface area contributed by atoms with Crippen molar-refractivity contribution in [3.63, 3.8) is 0 Å². The summed E-state index contributed by atoms with van der Waals surface area (Å²) in [5, 5.41) is 1.10. The summed E-state index contributed by atoms with van der Waals surface area (Å²) < 4.78 is 1.63. The van der Waals surface area contributed by atoms with Crippen LogP contribution >= 0.6 is 11.6 Å². The van der Waals surface area contributed by atoms with Crippen molar-refractivity contribution in [1.29, 1.82) is 0 Å². The number of rotatable bonds is 9. The Hall–Kier alpha value is -3.44. The molecule has 1 aromatic heterocycles. The third-order valence-electron chi connectivity index (χ3n) is 6.66. The van der Waals surface area contributed by atoms with Crippen LogP contribution in [0.15, 0.2) is 77.6 Å². The summed E-state index contributed by atoms with van der Waals surface area (Å²) in [7, 11) is 0. The normalized spacial score (nSPS) is 12.0. The molecule has 0 spiro atoms. The minimum Gasteiger partial charge on any atom is -0.329 e. The summed E-state index contributed by atoms with van der Waals surface area (Å²) in [6.07, 6.45) is 4.14. The molecule has 1 unspecified atom stereocenters. The molecule has 4 aromatic rings. The molecular weight excluding hydrogens is 470 g/mol. The molecule has 1 atom stereocenters. The Kier molecular flexibility index (Phi) is 8.21. The number of para-hydroxylation sites is 1. The summed E-state index contributed by atoms with van der Waals surface area (Å²) in [5.74, 6) is 0.445. The molecule has 186 valence electrons. The highest BCUT2D eigenvalue weighted by atomic mass is 35.5. The number of halogens is 1. The van der Waals surface area contributed by atoms with E-state index in [4.69, 9.17) is 16.6 Å². The molecule has 0 N–H and O–H groups in total. The number of nitrogens with zero attached hydrogens (tertiary/aromatic N) is 3. The van der Waals surface area contributed by atoms with Crippen molar-refractivity contribution in [1.82, 2.24) is 14.5 Å². The molecule has 0 fully saturated rings. The third-order valence-corrected chi connectivity index (χ3v) is 7.07. The maximum Gasteiger partial charge on any atom is 0.266 e. The van der Waals surface area contributed by atoms with Gasteiger partial charge in [0, 0.05) is 17.1 Å². The Morgan fingerprint density at radius 1 is 0.972 bits per heavy atom. The first-order chi connectivity index (χ1) is 17.4. The van der Waals surface area contributed by atoms with Gasteiger partial charge in [0.05, 0.1) is 22.6 Å². The van der Waals surface area contributed by atoms with Crippen LogP contribution in [0.5, 0.6) is 0 Å². The molecule has 0 saturated heterocycles. The van der Waals surface area contributed by atoms with Gasteiger partial charge in [0.1, 0.15) is 5.82 Å². The smallest absolute Gasteiger partial charge is 0.266 e. The van der Waals surface area contributed by atoms with Crippen molar-refractivity contribution < 1.29 is 4.79 Å². The quantitative estimate of drug-likeness (QED) is 0.229. The summed E-state index contributed by atoms with van der Waals surface area (Å²) in [5.41, 5.74) is 2.51. The molecule has 0 aliphatic heterocycles. The molecule has 1 heterocycles. The van der Waals surface area contributed by atoms with Crippen LogP contribution in [0.1, 0.15) is 67.3 Å². The van der Waals surface area contributed by atoms with E-state index in [1.54, 1.807) is 10.6 Å². The Labute approximate surface area is 217 Å². The molecule has 0 saturated carbocycles. The van der Waals surface area contributed by atoms with Crippen LogP contribution in [0.3, 0.4) is 0 Å². The number of hydrogen-bond acceptors (Lipinski definition) is 3. The van der Waals surface area contributed by atoms with Gasteiger partial charge in [-0.05, 0) is 62.2 Å². The molecule has 1 amide bonds. The number of benzene rings is 3. The maximum absolute atomic E-state index is 13.9. The average Bonchev–Trinajstić information content (AvgIpc) is 2.90. The lowest BCUT2D eigenvalue weighted by Gasteiger charge is -2.31. The van der Waals surface area contributed by atoms with Gasteiger partial charge in [-0.3, -0.25) is 14.2 Å². The number of fused-ring (bicyclic) bond motifs is 1. The molecule has 0 bridgehead atoms. The average molecular weight is 502 g/mol. The van der Waals surface area contributed by atoms with E-state index < -0.39 is 6.04 Å².